The van der Waals surface area contributed by atoms with Gasteiger partial charge in [-0.1, -0.05) is 0 Å². The van der Waals surface area contributed by atoms with Crippen LogP contribution in [0, 0.1) is 0 Å². The van der Waals surface area contributed by atoms with Crippen LogP contribution >= 0.6 is 0 Å². The number of carbonyl (C=O) groups excluding carboxylic acids is 1. The molecule has 1 unspecified atom stereocenters. The van der Waals surface area contributed by atoms with Gasteiger partial charge in [0, 0.05) is 37.7 Å². The molecule has 4 rings (SSSR count). The Labute approximate surface area is 176 Å². The van der Waals surface area contributed by atoms with E-state index in [0.717, 1.165) is 35.0 Å². The van der Waals surface area contributed by atoms with Gasteiger partial charge in [-0.05, 0) is 58.0 Å². The van der Waals surface area contributed by atoms with E-state index in [1.165, 1.54) is 0 Å². The molecule has 3 aromatic rings. The lowest BCUT2D eigenvalue weighted by Crippen LogP contribution is -2.53. The third-order valence-electron chi connectivity index (χ3n) is 5.47. The number of benzene rings is 1. The number of nitrogens with one attached hydrogen (secondary N) is 1. The molecule has 1 aromatic carbocycles. The maximum absolute atomic E-state index is 12.6. The molecule has 8 nitrogen and oxygen atoms in total. The molecule has 0 aliphatic carbocycles. The average Bonchev–Trinajstić information content (AvgIpc) is 3.21. The SMILES string of the molecule is CCn1nccc1-c1ccnc(Nc2ccc3c(c2)N(C(C)C)C(C)C(=O)N3C)n1. The minimum absolute atomic E-state index is 0.0977. The van der Waals surface area contributed by atoms with Crippen LogP contribution < -0.4 is 15.1 Å². The molecular weight excluding hydrogens is 378 g/mol. The Morgan fingerprint density at radius 2 is 1.93 bits per heavy atom. The van der Waals surface area contributed by atoms with Crippen LogP contribution in [0.2, 0.25) is 0 Å². The number of nitrogens with zero attached hydrogens (tertiary/aromatic N) is 6. The molecule has 0 radical (unpaired) electrons. The van der Waals surface area contributed by atoms with E-state index in [1.807, 2.05) is 49.8 Å². The number of hydrogen-bond acceptors (Lipinski definition) is 6. The van der Waals surface area contributed by atoms with Gasteiger partial charge in [0.15, 0.2) is 0 Å². The minimum Gasteiger partial charge on any atom is -0.356 e. The number of fused-ring (bicyclic) bond motifs is 1. The predicted octanol–water partition coefficient (Wildman–Crippen LogP) is 3.68. The highest BCUT2D eigenvalue weighted by atomic mass is 16.2. The molecule has 156 valence electrons. The Morgan fingerprint density at radius 1 is 1.13 bits per heavy atom. The standard InChI is InChI=1S/C22H27N7O/c1-6-28-18(10-12-24-28)17-9-11-23-22(26-17)25-16-7-8-19-20(13-16)29(14(2)3)15(4)21(30)27(19)5/h7-15H,6H2,1-5H3,(H,23,25,26). The summed E-state index contributed by atoms with van der Waals surface area (Å²) >= 11 is 0. The number of anilines is 4. The van der Waals surface area contributed by atoms with Crippen LogP contribution in [0.3, 0.4) is 0 Å². The Balaban J connectivity index is 1.67. The first-order chi connectivity index (χ1) is 14.4. The molecule has 0 saturated heterocycles. The second-order valence-electron chi connectivity index (χ2n) is 7.70. The molecule has 1 N–H and O–H groups in total. The molecule has 8 heteroatoms. The number of carbonyl (C=O) groups is 1. The van der Waals surface area contributed by atoms with Crippen molar-refractivity contribution in [2.45, 2.75) is 46.3 Å². The van der Waals surface area contributed by atoms with Gasteiger partial charge in [0.25, 0.3) is 0 Å². The number of likely N-dealkylation sites (N-methyl/N-ethyl adjacent to an activating group) is 1. The van der Waals surface area contributed by atoms with Crippen LogP contribution in [0.15, 0.2) is 42.7 Å². The van der Waals surface area contributed by atoms with E-state index < -0.39 is 0 Å². The Hall–Kier alpha value is -3.42. The van der Waals surface area contributed by atoms with Crippen LogP contribution in [-0.2, 0) is 11.3 Å². The van der Waals surface area contributed by atoms with Gasteiger partial charge in [0.1, 0.15) is 6.04 Å². The molecule has 3 heterocycles. The monoisotopic (exact) mass is 405 g/mol. The molecule has 1 amide bonds. The summed E-state index contributed by atoms with van der Waals surface area (Å²) in [6.07, 6.45) is 3.52. The summed E-state index contributed by atoms with van der Waals surface area (Å²) in [5, 5.41) is 7.63. The van der Waals surface area contributed by atoms with Gasteiger partial charge in [-0.15, -0.1) is 0 Å². The summed E-state index contributed by atoms with van der Waals surface area (Å²) in [7, 11) is 1.83. The lowest BCUT2D eigenvalue weighted by Gasteiger charge is -2.42. The maximum atomic E-state index is 12.6. The van der Waals surface area contributed by atoms with Gasteiger partial charge in [0.2, 0.25) is 11.9 Å². The number of aryl methyl sites for hydroxylation is 1. The van der Waals surface area contributed by atoms with Crippen LogP contribution in [0.25, 0.3) is 11.4 Å². The van der Waals surface area contributed by atoms with Gasteiger partial charge >= 0.3 is 0 Å². The Bertz CT molecular complexity index is 1070. The van der Waals surface area contributed by atoms with Gasteiger partial charge in [-0.3, -0.25) is 9.48 Å². The molecule has 0 spiro atoms. The van der Waals surface area contributed by atoms with Crippen molar-refractivity contribution >= 4 is 28.9 Å². The zero-order valence-corrected chi connectivity index (χ0v) is 18.0. The minimum atomic E-state index is -0.216. The van der Waals surface area contributed by atoms with Crippen LogP contribution in [0.5, 0.6) is 0 Å². The largest absolute Gasteiger partial charge is 0.356 e. The molecule has 30 heavy (non-hydrogen) atoms. The van der Waals surface area contributed by atoms with Crippen molar-refractivity contribution in [1.82, 2.24) is 19.7 Å². The van der Waals surface area contributed by atoms with Crippen LogP contribution in [-0.4, -0.2) is 44.8 Å². The van der Waals surface area contributed by atoms with Crippen molar-refractivity contribution in [3.63, 3.8) is 0 Å². The molecule has 1 atom stereocenters. The van der Waals surface area contributed by atoms with E-state index in [2.05, 4.69) is 45.2 Å². The molecular formula is C22H27N7O. The van der Waals surface area contributed by atoms with Gasteiger partial charge in [-0.25, -0.2) is 9.97 Å². The van der Waals surface area contributed by atoms with Crippen molar-refractivity contribution in [3.8, 4) is 11.4 Å². The molecule has 1 aliphatic heterocycles. The van der Waals surface area contributed by atoms with Crippen molar-refractivity contribution < 1.29 is 4.79 Å². The van der Waals surface area contributed by atoms with Gasteiger partial charge in [-0.2, -0.15) is 5.10 Å². The summed E-state index contributed by atoms with van der Waals surface area (Å²) < 4.78 is 1.90. The van der Waals surface area contributed by atoms with Gasteiger partial charge in [0.05, 0.1) is 22.8 Å². The predicted molar refractivity (Wildman–Crippen MR) is 119 cm³/mol. The normalized spacial score (nSPS) is 16.2. The van der Waals surface area contributed by atoms with E-state index in [4.69, 9.17) is 0 Å². The third kappa shape index (κ3) is 3.38. The van der Waals surface area contributed by atoms with E-state index in [9.17, 15) is 4.79 Å². The van der Waals surface area contributed by atoms with E-state index >= 15 is 0 Å². The van der Waals surface area contributed by atoms with E-state index in [0.29, 0.717) is 5.95 Å². The summed E-state index contributed by atoms with van der Waals surface area (Å²) in [6.45, 7) is 8.97. The quantitative estimate of drug-likeness (QED) is 0.698. The fourth-order valence-electron chi connectivity index (χ4n) is 4.04. The lowest BCUT2D eigenvalue weighted by molar-refractivity contribution is -0.119. The average molecular weight is 406 g/mol. The number of hydrogen-bond donors (Lipinski definition) is 1. The smallest absolute Gasteiger partial charge is 0.249 e. The molecule has 1 aliphatic rings. The zero-order chi connectivity index (χ0) is 21.4. The second kappa shape index (κ2) is 7.78. The Morgan fingerprint density at radius 3 is 2.67 bits per heavy atom. The first-order valence-electron chi connectivity index (χ1n) is 10.2. The topological polar surface area (TPSA) is 79.2 Å². The zero-order valence-electron chi connectivity index (χ0n) is 18.0. The van der Waals surface area contributed by atoms with Crippen molar-refractivity contribution in [2.24, 2.45) is 0 Å². The van der Waals surface area contributed by atoms with Crippen LogP contribution in [0.1, 0.15) is 27.7 Å². The number of amides is 1. The molecule has 0 saturated carbocycles. The first kappa shape index (κ1) is 19.9. The molecule has 0 bridgehead atoms. The van der Waals surface area contributed by atoms with Crippen molar-refractivity contribution in [1.29, 1.82) is 0 Å². The summed E-state index contributed by atoms with van der Waals surface area (Å²) in [5.41, 5.74) is 4.56. The first-order valence-corrected chi connectivity index (χ1v) is 10.2. The highest BCUT2D eigenvalue weighted by Gasteiger charge is 2.34. The van der Waals surface area contributed by atoms with Gasteiger partial charge < -0.3 is 15.1 Å². The van der Waals surface area contributed by atoms with Crippen LogP contribution in [0.4, 0.5) is 23.0 Å². The highest BCUT2D eigenvalue weighted by Crippen LogP contribution is 2.39. The summed E-state index contributed by atoms with van der Waals surface area (Å²) in [6, 6.07) is 9.78. The summed E-state index contributed by atoms with van der Waals surface area (Å²) in [5.74, 6) is 0.612. The second-order valence-corrected chi connectivity index (χ2v) is 7.70. The Kier molecular flexibility index (Phi) is 5.15. The third-order valence-corrected chi connectivity index (χ3v) is 5.47. The lowest BCUT2D eigenvalue weighted by atomic mass is 10.0. The maximum Gasteiger partial charge on any atom is 0.249 e. The van der Waals surface area contributed by atoms with E-state index in [1.54, 1.807) is 17.3 Å². The fraction of sp³-hybridized carbons (Fsp3) is 0.364. The van der Waals surface area contributed by atoms with Crippen molar-refractivity contribution in [3.05, 3.63) is 42.7 Å². The summed E-state index contributed by atoms with van der Waals surface area (Å²) in [4.78, 5) is 25.5. The highest BCUT2D eigenvalue weighted by molar-refractivity contribution is 6.05. The number of aromatic nitrogens is 4. The fourth-order valence-corrected chi connectivity index (χ4v) is 4.04. The molecule has 2 aromatic heterocycles. The number of rotatable bonds is 5. The molecule has 0 fully saturated rings. The van der Waals surface area contributed by atoms with E-state index in [-0.39, 0.29) is 18.0 Å². The van der Waals surface area contributed by atoms with Crippen molar-refractivity contribution in [2.75, 3.05) is 22.2 Å².